The highest BCUT2D eigenvalue weighted by Gasteiger charge is 2.19. The fraction of sp³-hybridized carbons (Fsp3) is 0.389. The maximum atomic E-state index is 4.63. The molecule has 0 atom stereocenters. The first-order valence-electron chi connectivity index (χ1n) is 7.79. The smallest absolute Gasteiger partial charge is 0.132 e. The van der Waals surface area contributed by atoms with Gasteiger partial charge < -0.3 is 10.2 Å². The third-order valence-electron chi connectivity index (χ3n) is 3.92. The number of aryl methyl sites for hydroxylation is 1. The fourth-order valence-electron chi connectivity index (χ4n) is 2.43. The Morgan fingerprint density at radius 1 is 1.14 bits per heavy atom. The molecule has 21 heavy (non-hydrogen) atoms. The van der Waals surface area contributed by atoms with E-state index in [9.17, 15) is 0 Å². The molecule has 0 radical (unpaired) electrons. The Hall–Kier alpha value is -1.87. The van der Waals surface area contributed by atoms with Gasteiger partial charge in [0.2, 0.25) is 0 Å². The second-order valence-electron chi connectivity index (χ2n) is 5.76. The van der Waals surface area contributed by atoms with Crippen molar-refractivity contribution in [3.63, 3.8) is 0 Å². The van der Waals surface area contributed by atoms with Crippen LogP contribution in [0.2, 0.25) is 0 Å². The lowest BCUT2D eigenvalue weighted by molar-refractivity contribution is 0.686. The van der Waals surface area contributed by atoms with Gasteiger partial charge in [-0.15, -0.1) is 0 Å². The predicted octanol–water partition coefficient (Wildman–Crippen LogP) is 3.80. The summed E-state index contributed by atoms with van der Waals surface area (Å²) in [5.74, 6) is 1.01. The SMILES string of the molecule is CCN(c1ccc(C)cc1)c1ccc(CNC2CC2)cn1. The largest absolute Gasteiger partial charge is 0.327 e. The number of pyridine rings is 1. The number of hydrogen-bond donors (Lipinski definition) is 1. The molecule has 0 unspecified atom stereocenters. The van der Waals surface area contributed by atoms with Gasteiger partial charge in [0.05, 0.1) is 0 Å². The Labute approximate surface area is 127 Å². The third-order valence-corrected chi connectivity index (χ3v) is 3.92. The Bertz CT molecular complexity index is 570. The molecule has 1 heterocycles. The maximum absolute atomic E-state index is 4.63. The van der Waals surface area contributed by atoms with Crippen LogP contribution in [0.1, 0.15) is 30.9 Å². The lowest BCUT2D eigenvalue weighted by atomic mass is 10.2. The van der Waals surface area contributed by atoms with Crippen LogP contribution in [0.25, 0.3) is 0 Å². The molecule has 1 N–H and O–H groups in total. The van der Waals surface area contributed by atoms with Crippen LogP contribution in [-0.2, 0) is 6.54 Å². The van der Waals surface area contributed by atoms with E-state index in [-0.39, 0.29) is 0 Å². The van der Waals surface area contributed by atoms with Crippen LogP contribution in [0.15, 0.2) is 42.6 Å². The third kappa shape index (κ3) is 3.61. The Kier molecular flexibility index (Phi) is 4.20. The highest BCUT2D eigenvalue weighted by molar-refractivity contribution is 5.60. The van der Waals surface area contributed by atoms with E-state index in [2.05, 4.69) is 65.4 Å². The molecule has 0 aliphatic heterocycles. The second kappa shape index (κ2) is 6.27. The molecule has 0 spiro atoms. The summed E-state index contributed by atoms with van der Waals surface area (Å²) in [6.45, 7) is 6.11. The summed E-state index contributed by atoms with van der Waals surface area (Å²) in [5, 5.41) is 3.52. The first-order chi connectivity index (χ1) is 10.3. The van der Waals surface area contributed by atoms with Gasteiger partial charge >= 0.3 is 0 Å². The lowest BCUT2D eigenvalue weighted by Gasteiger charge is -2.22. The minimum absolute atomic E-state index is 0.740. The summed E-state index contributed by atoms with van der Waals surface area (Å²) in [6.07, 6.45) is 4.63. The molecule has 1 saturated carbocycles. The van der Waals surface area contributed by atoms with E-state index in [1.807, 2.05) is 6.20 Å². The zero-order chi connectivity index (χ0) is 14.7. The van der Waals surface area contributed by atoms with Crippen molar-refractivity contribution in [1.29, 1.82) is 0 Å². The minimum Gasteiger partial charge on any atom is -0.327 e. The molecular weight excluding hydrogens is 258 g/mol. The van der Waals surface area contributed by atoms with Crippen LogP contribution in [0.4, 0.5) is 11.5 Å². The number of aromatic nitrogens is 1. The zero-order valence-electron chi connectivity index (χ0n) is 12.8. The van der Waals surface area contributed by atoms with Crippen LogP contribution in [0.5, 0.6) is 0 Å². The first kappa shape index (κ1) is 14.1. The van der Waals surface area contributed by atoms with Gasteiger partial charge in [0.25, 0.3) is 0 Å². The summed E-state index contributed by atoms with van der Waals surface area (Å²) >= 11 is 0. The molecule has 1 fully saturated rings. The van der Waals surface area contributed by atoms with Crippen molar-refractivity contribution in [2.45, 2.75) is 39.3 Å². The number of nitrogens with zero attached hydrogens (tertiary/aromatic N) is 2. The van der Waals surface area contributed by atoms with Gasteiger partial charge in [0, 0.05) is 31.0 Å². The molecule has 1 aromatic carbocycles. The van der Waals surface area contributed by atoms with Gasteiger partial charge in [-0.3, -0.25) is 0 Å². The first-order valence-corrected chi connectivity index (χ1v) is 7.79. The Morgan fingerprint density at radius 2 is 1.90 bits per heavy atom. The quantitative estimate of drug-likeness (QED) is 0.873. The van der Waals surface area contributed by atoms with E-state index in [0.717, 1.165) is 24.9 Å². The summed E-state index contributed by atoms with van der Waals surface area (Å²) in [5.41, 5.74) is 3.73. The fourth-order valence-corrected chi connectivity index (χ4v) is 2.43. The highest BCUT2D eigenvalue weighted by atomic mass is 15.2. The van der Waals surface area contributed by atoms with Crippen LogP contribution in [-0.4, -0.2) is 17.6 Å². The second-order valence-corrected chi connectivity index (χ2v) is 5.76. The van der Waals surface area contributed by atoms with Crippen molar-refractivity contribution in [3.8, 4) is 0 Å². The molecular formula is C18H23N3. The summed E-state index contributed by atoms with van der Waals surface area (Å²) in [7, 11) is 0. The van der Waals surface area contributed by atoms with Gasteiger partial charge in [-0.25, -0.2) is 4.98 Å². The van der Waals surface area contributed by atoms with Gasteiger partial charge in [0.1, 0.15) is 5.82 Å². The van der Waals surface area contributed by atoms with Gasteiger partial charge in [-0.2, -0.15) is 0 Å². The van der Waals surface area contributed by atoms with Gasteiger partial charge in [-0.1, -0.05) is 23.8 Å². The van der Waals surface area contributed by atoms with Crippen molar-refractivity contribution < 1.29 is 0 Å². The Balaban J connectivity index is 1.72. The number of nitrogens with one attached hydrogen (secondary N) is 1. The minimum atomic E-state index is 0.740. The molecule has 1 aromatic heterocycles. The summed E-state index contributed by atoms with van der Waals surface area (Å²) < 4.78 is 0. The maximum Gasteiger partial charge on any atom is 0.132 e. The van der Waals surface area contributed by atoms with Crippen molar-refractivity contribution >= 4 is 11.5 Å². The molecule has 3 nitrogen and oxygen atoms in total. The van der Waals surface area contributed by atoms with Gasteiger partial charge in [0.15, 0.2) is 0 Å². The lowest BCUT2D eigenvalue weighted by Crippen LogP contribution is -2.18. The zero-order valence-corrected chi connectivity index (χ0v) is 12.8. The van der Waals surface area contributed by atoms with E-state index < -0.39 is 0 Å². The van der Waals surface area contributed by atoms with Gasteiger partial charge in [-0.05, 0) is 50.5 Å². The predicted molar refractivity (Wildman–Crippen MR) is 88.0 cm³/mol. The van der Waals surface area contributed by atoms with Crippen LogP contribution < -0.4 is 10.2 Å². The normalized spacial score (nSPS) is 14.2. The summed E-state index contributed by atoms with van der Waals surface area (Å²) in [4.78, 5) is 6.87. The van der Waals surface area contributed by atoms with Crippen LogP contribution in [0.3, 0.4) is 0 Å². The molecule has 3 rings (SSSR count). The standard InChI is InChI=1S/C18H23N3/c1-3-21(17-9-4-14(2)5-10-17)18-11-6-15(13-20-18)12-19-16-7-8-16/h4-6,9-11,13,16,19H,3,7-8,12H2,1-2H3. The van der Waals surface area contributed by atoms with E-state index in [1.165, 1.54) is 29.7 Å². The summed E-state index contributed by atoms with van der Waals surface area (Å²) in [6, 6.07) is 13.6. The Morgan fingerprint density at radius 3 is 2.48 bits per heavy atom. The molecule has 0 amide bonds. The highest BCUT2D eigenvalue weighted by Crippen LogP contribution is 2.24. The number of hydrogen-bond acceptors (Lipinski definition) is 3. The molecule has 1 aliphatic rings. The van der Waals surface area contributed by atoms with E-state index in [0.29, 0.717) is 0 Å². The average molecular weight is 281 g/mol. The van der Waals surface area contributed by atoms with E-state index >= 15 is 0 Å². The molecule has 1 aliphatic carbocycles. The monoisotopic (exact) mass is 281 g/mol. The van der Waals surface area contributed by atoms with Crippen molar-refractivity contribution in [2.75, 3.05) is 11.4 Å². The van der Waals surface area contributed by atoms with Crippen molar-refractivity contribution in [3.05, 3.63) is 53.7 Å². The van der Waals surface area contributed by atoms with Crippen LogP contribution in [0, 0.1) is 6.92 Å². The van der Waals surface area contributed by atoms with Crippen molar-refractivity contribution in [2.24, 2.45) is 0 Å². The molecule has 3 heteroatoms. The number of rotatable bonds is 6. The molecule has 110 valence electrons. The average Bonchev–Trinajstić information content (AvgIpc) is 3.33. The number of anilines is 2. The van der Waals surface area contributed by atoms with E-state index in [1.54, 1.807) is 0 Å². The van der Waals surface area contributed by atoms with E-state index in [4.69, 9.17) is 0 Å². The van der Waals surface area contributed by atoms with Crippen molar-refractivity contribution in [1.82, 2.24) is 10.3 Å². The topological polar surface area (TPSA) is 28.2 Å². The molecule has 0 saturated heterocycles. The number of benzene rings is 1. The molecule has 2 aromatic rings. The van der Waals surface area contributed by atoms with Crippen LogP contribution >= 0.6 is 0 Å². The molecule has 0 bridgehead atoms.